The molecule has 1 aromatic rings. The summed E-state index contributed by atoms with van der Waals surface area (Å²) in [5.74, 6) is -0.0532. The summed E-state index contributed by atoms with van der Waals surface area (Å²) in [7, 11) is 0. The predicted octanol–water partition coefficient (Wildman–Crippen LogP) is 2.74. The molecule has 1 rings (SSSR count). The zero-order valence-electron chi connectivity index (χ0n) is 11.0. The summed E-state index contributed by atoms with van der Waals surface area (Å²) in [6, 6.07) is 6.48. The number of halogens is 3. The molecule has 0 fully saturated rings. The first-order chi connectivity index (χ1) is 8.69. The van der Waals surface area contributed by atoms with Gasteiger partial charge < -0.3 is 5.73 Å². The van der Waals surface area contributed by atoms with Crippen molar-refractivity contribution < 1.29 is 13.2 Å². The van der Waals surface area contributed by atoms with Gasteiger partial charge in [0.25, 0.3) is 0 Å². The predicted molar refractivity (Wildman–Crippen MR) is 69.1 cm³/mol. The zero-order valence-corrected chi connectivity index (χ0v) is 11.0. The Morgan fingerprint density at radius 3 is 2.16 bits per heavy atom. The number of hydrogen-bond acceptors (Lipinski definition) is 2. The standard InChI is InChI=1S/C13H18F3N3/c1-9(2)19(8-13(14,15)16)7-10-3-5-11(6-4-10)12(17)18/h3-6,9H,7-8H2,1-2H3,(H3,17,18). The molecule has 3 N–H and O–H groups in total. The minimum atomic E-state index is -4.20. The van der Waals surface area contributed by atoms with Gasteiger partial charge in [0.2, 0.25) is 0 Å². The minimum Gasteiger partial charge on any atom is -0.384 e. The normalized spacial score (nSPS) is 12.2. The van der Waals surface area contributed by atoms with Crippen LogP contribution in [0, 0.1) is 5.41 Å². The van der Waals surface area contributed by atoms with E-state index in [0.717, 1.165) is 5.56 Å². The van der Waals surface area contributed by atoms with Crippen molar-refractivity contribution in [1.29, 1.82) is 5.41 Å². The monoisotopic (exact) mass is 273 g/mol. The van der Waals surface area contributed by atoms with Crippen molar-refractivity contribution in [3.63, 3.8) is 0 Å². The molecule has 0 spiro atoms. The van der Waals surface area contributed by atoms with Crippen LogP contribution in [0.1, 0.15) is 25.0 Å². The average Bonchev–Trinajstić information content (AvgIpc) is 2.27. The lowest BCUT2D eigenvalue weighted by atomic mass is 10.1. The van der Waals surface area contributed by atoms with Gasteiger partial charge >= 0.3 is 6.18 Å². The van der Waals surface area contributed by atoms with Crippen molar-refractivity contribution >= 4 is 5.84 Å². The van der Waals surface area contributed by atoms with Crippen molar-refractivity contribution in [2.45, 2.75) is 32.6 Å². The van der Waals surface area contributed by atoms with Crippen LogP contribution >= 0.6 is 0 Å². The molecule has 0 heterocycles. The van der Waals surface area contributed by atoms with E-state index >= 15 is 0 Å². The smallest absolute Gasteiger partial charge is 0.384 e. The number of nitrogens with two attached hydrogens (primary N) is 1. The quantitative estimate of drug-likeness (QED) is 0.640. The second-order valence-corrected chi connectivity index (χ2v) is 4.72. The number of alkyl halides is 3. The van der Waals surface area contributed by atoms with E-state index in [1.807, 2.05) is 0 Å². The summed E-state index contributed by atoms with van der Waals surface area (Å²) < 4.78 is 37.4. The number of benzene rings is 1. The van der Waals surface area contributed by atoms with Crippen LogP contribution in [0.5, 0.6) is 0 Å². The Hall–Kier alpha value is -1.56. The lowest BCUT2D eigenvalue weighted by molar-refractivity contribution is -0.150. The van der Waals surface area contributed by atoms with Gasteiger partial charge in [-0.25, -0.2) is 0 Å². The highest BCUT2D eigenvalue weighted by Gasteiger charge is 2.31. The van der Waals surface area contributed by atoms with E-state index < -0.39 is 12.7 Å². The van der Waals surface area contributed by atoms with Gasteiger partial charge in [0, 0.05) is 18.2 Å². The molecular formula is C13H18F3N3. The van der Waals surface area contributed by atoms with E-state index in [1.54, 1.807) is 38.1 Å². The second kappa shape index (κ2) is 6.06. The summed E-state index contributed by atoms with van der Waals surface area (Å²) in [6.07, 6.45) is -4.20. The van der Waals surface area contributed by atoms with Crippen LogP contribution in [0.2, 0.25) is 0 Å². The Bertz CT molecular complexity index is 424. The first-order valence-corrected chi connectivity index (χ1v) is 5.93. The molecule has 19 heavy (non-hydrogen) atoms. The molecule has 0 radical (unpaired) electrons. The van der Waals surface area contributed by atoms with E-state index in [1.165, 1.54) is 4.90 Å². The summed E-state index contributed by atoms with van der Waals surface area (Å²) >= 11 is 0. The molecule has 0 saturated carbocycles. The van der Waals surface area contributed by atoms with E-state index in [0.29, 0.717) is 5.56 Å². The third kappa shape index (κ3) is 5.30. The largest absolute Gasteiger partial charge is 0.401 e. The molecular weight excluding hydrogens is 255 g/mol. The van der Waals surface area contributed by atoms with Gasteiger partial charge in [0.1, 0.15) is 5.84 Å². The van der Waals surface area contributed by atoms with Gasteiger partial charge in [0.05, 0.1) is 6.54 Å². The van der Waals surface area contributed by atoms with Gasteiger partial charge in [-0.3, -0.25) is 10.3 Å². The number of amidine groups is 1. The molecule has 1 aromatic carbocycles. The van der Waals surface area contributed by atoms with Gasteiger partial charge in [-0.15, -0.1) is 0 Å². The van der Waals surface area contributed by atoms with E-state index in [4.69, 9.17) is 11.1 Å². The molecule has 0 aliphatic rings. The number of rotatable bonds is 5. The molecule has 0 amide bonds. The Morgan fingerprint density at radius 1 is 1.26 bits per heavy atom. The van der Waals surface area contributed by atoms with Crippen molar-refractivity contribution in [3.05, 3.63) is 35.4 Å². The van der Waals surface area contributed by atoms with Crippen LogP contribution in [0.4, 0.5) is 13.2 Å². The average molecular weight is 273 g/mol. The Balaban J connectivity index is 2.76. The lowest BCUT2D eigenvalue weighted by Crippen LogP contribution is -2.38. The zero-order chi connectivity index (χ0) is 14.6. The summed E-state index contributed by atoms with van der Waals surface area (Å²) in [4.78, 5) is 1.35. The molecule has 0 aromatic heterocycles. The third-order valence-corrected chi connectivity index (χ3v) is 2.76. The topological polar surface area (TPSA) is 53.1 Å². The van der Waals surface area contributed by atoms with Crippen LogP contribution in [-0.2, 0) is 6.54 Å². The van der Waals surface area contributed by atoms with Gasteiger partial charge in [-0.05, 0) is 19.4 Å². The highest BCUT2D eigenvalue weighted by atomic mass is 19.4. The molecule has 0 aliphatic heterocycles. The lowest BCUT2D eigenvalue weighted by Gasteiger charge is -2.27. The maximum atomic E-state index is 12.5. The van der Waals surface area contributed by atoms with Gasteiger partial charge in [-0.1, -0.05) is 24.3 Å². The molecule has 0 bridgehead atoms. The SMILES string of the molecule is CC(C)N(Cc1ccc(C(=N)N)cc1)CC(F)(F)F. The third-order valence-electron chi connectivity index (χ3n) is 2.76. The molecule has 0 unspecified atom stereocenters. The molecule has 3 nitrogen and oxygen atoms in total. The van der Waals surface area contributed by atoms with Crippen molar-refractivity contribution in [1.82, 2.24) is 4.90 Å². The number of nitrogen functional groups attached to an aromatic ring is 1. The van der Waals surface area contributed by atoms with E-state index in [2.05, 4.69) is 0 Å². The number of hydrogen-bond donors (Lipinski definition) is 2. The fourth-order valence-corrected chi connectivity index (χ4v) is 1.68. The summed E-state index contributed by atoms with van der Waals surface area (Å²) in [5.41, 5.74) is 6.65. The Kier molecular flexibility index (Phi) is 4.94. The Morgan fingerprint density at radius 2 is 1.79 bits per heavy atom. The van der Waals surface area contributed by atoms with Crippen molar-refractivity contribution in [2.75, 3.05) is 6.54 Å². The maximum absolute atomic E-state index is 12.5. The van der Waals surface area contributed by atoms with Gasteiger partial charge in [-0.2, -0.15) is 13.2 Å². The van der Waals surface area contributed by atoms with E-state index in [9.17, 15) is 13.2 Å². The van der Waals surface area contributed by atoms with Crippen LogP contribution in [-0.4, -0.2) is 29.5 Å². The van der Waals surface area contributed by atoms with Crippen molar-refractivity contribution in [3.8, 4) is 0 Å². The fourth-order valence-electron chi connectivity index (χ4n) is 1.68. The molecule has 106 valence electrons. The Labute approximate surface area is 110 Å². The molecule has 0 aliphatic carbocycles. The van der Waals surface area contributed by atoms with E-state index in [-0.39, 0.29) is 18.4 Å². The number of nitrogens with one attached hydrogen (secondary N) is 1. The highest BCUT2D eigenvalue weighted by Crippen LogP contribution is 2.20. The van der Waals surface area contributed by atoms with Crippen LogP contribution in [0.3, 0.4) is 0 Å². The second-order valence-electron chi connectivity index (χ2n) is 4.72. The summed E-state index contributed by atoms with van der Waals surface area (Å²) in [6.45, 7) is 2.75. The first-order valence-electron chi connectivity index (χ1n) is 5.93. The summed E-state index contributed by atoms with van der Waals surface area (Å²) in [5, 5.41) is 7.25. The molecule has 0 saturated heterocycles. The molecule has 0 atom stereocenters. The van der Waals surface area contributed by atoms with Crippen LogP contribution < -0.4 is 5.73 Å². The first kappa shape index (κ1) is 15.5. The minimum absolute atomic E-state index is 0.0532. The molecule has 6 heteroatoms. The maximum Gasteiger partial charge on any atom is 0.401 e. The van der Waals surface area contributed by atoms with Crippen LogP contribution in [0.15, 0.2) is 24.3 Å². The fraction of sp³-hybridized carbons (Fsp3) is 0.462. The van der Waals surface area contributed by atoms with Crippen molar-refractivity contribution in [2.24, 2.45) is 5.73 Å². The highest BCUT2D eigenvalue weighted by molar-refractivity contribution is 5.94. The van der Waals surface area contributed by atoms with Gasteiger partial charge in [0.15, 0.2) is 0 Å². The number of nitrogens with zero attached hydrogens (tertiary/aromatic N) is 1. The van der Waals surface area contributed by atoms with Crippen LogP contribution in [0.25, 0.3) is 0 Å².